The molecule has 0 bridgehead atoms. The fourth-order valence-corrected chi connectivity index (χ4v) is 6.23. The van der Waals surface area contributed by atoms with Crippen LogP contribution in [-0.4, -0.2) is 23.4 Å². The minimum absolute atomic E-state index is 0.0932. The van der Waals surface area contributed by atoms with Crippen molar-refractivity contribution >= 4 is 45.1 Å². The summed E-state index contributed by atoms with van der Waals surface area (Å²) in [5, 5.41) is 2.98. The topological polar surface area (TPSA) is 24.9 Å². The van der Waals surface area contributed by atoms with Gasteiger partial charge >= 0.3 is 141 Å². The number of anilines is 2. The molecule has 1 N–H and O–H groups in total. The first-order valence-corrected chi connectivity index (χ1v) is 17.2. The maximum absolute atomic E-state index is 13.4. The Kier molecular flexibility index (Phi) is 5.15. The zero-order valence-corrected chi connectivity index (χ0v) is 16.3. The summed E-state index contributed by atoms with van der Waals surface area (Å²) in [4.78, 5) is 9.87. The van der Waals surface area contributed by atoms with Gasteiger partial charge in [-0.05, 0) is 0 Å². The number of nitrogens with one attached hydrogen (secondary N) is 1. The van der Waals surface area contributed by atoms with E-state index in [4.69, 9.17) is 11.6 Å². The van der Waals surface area contributed by atoms with Gasteiger partial charge in [-0.15, -0.1) is 0 Å². The molecule has 2 rings (SSSR count). The molecule has 1 aromatic carbocycles. The minimum atomic E-state index is -4.55. The zero-order chi connectivity index (χ0) is 17.4. The number of nitrogens with zero attached hydrogens (tertiary/aromatic N) is 1. The predicted octanol–water partition coefficient (Wildman–Crippen LogP) is 5.18. The monoisotopic (exact) mass is 454 g/mol. The molecule has 0 aliphatic heterocycles. The molecule has 0 unspecified atom stereocenters. The van der Waals surface area contributed by atoms with Crippen molar-refractivity contribution in [1.82, 2.24) is 4.98 Å². The number of hydrogen-bond acceptors (Lipinski definition) is 2. The summed E-state index contributed by atoms with van der Waals surface area (Å²) in [5.41, 5.74) is -0.804. The van der Waals surface area contributed by atoms with E-state index in [9.17, 15) is 17.6 Å². The van der Waals surface area contributed by atoms with E-state index in [1.165, 1.54) is 18.2 Å². The third-order valence-corrected chi connectivity index (χ3v) is 9.27. The number of halogens is 5. The molecule has 23 heavy (non-hydrogen) atoms. The first-order valence-electron chi connectivity index (χ1n) is 6.79. The maximum atomic E-state index is 13.4. The van der Waals surface area contributed by atoms with Crippen LogP contribution >= 0.6 is 11.6 Å². The quantitative estimate of drug-likeness (QED) is 0.512. The van der Waals surface area contributed by atoms with Crippen LogP contribution in [0, 0.1) is 5.82 Å². The SMILES string of the molecule is [CH3][Sn]([CH3])([CH3])[c]1ccc(C(F)(F)F)nc1Nc1cc(F)ccc1Cl. The molecule has 1 heterocycles. The van der Waals surface area contributed by atoms with Crippen LogP contribution < -0.4 is 8.90 Å². The van der Waals surface area contributed by atoms with Crippen molar-refractivity contribution in [2.45, 2.75) is 21.0 Å². The molecule has 0 aliphatic carbocycles. The summed E-state index contributed by atoms with van der Waals surface area (Å²) < 4.78 is 52.9. The molecule has 0 atom stereocenters. The molecular formula is C15H15ClF4N2Sn. The molecule has 0 saturated carbocycles. The van der Waals surface area contributed by atoms with Crippen LogP contribution in [0.1, 0.15) is 5.69 Å². The van der Waals surface area contributed by atoms with Crippen molar-refractivity contribution in [3.05, 3.63) is 46.9 Å². The van der Waals surface area contributed by atoms with E-state index < -0.39 is 36.1 Å². The standard InChI is InChI=1S/C12H6ClF4N2.3CH3.Sn/c13-8-5-4-7(14)6-9(8)18-11-3-1-2-10(19-11)12(15,16)17;;;;/h1-2,4-6H,(H,18,19);3*1H3;. The van der Waals surface area contributed by atoms with Gasteiger partial charge in [-0.3, -0.25) is 0 Å². The van der Waals surface area contributed by atoms with E-state index in [0.29, 0.717) is 0 Å². The van der Waals surface area contributed by atoms with Gasteiger partial charge in [-0.25, -0.2) is 0 Å². The predicted molar refractivity (Wildman–Crippen MR) is 86.9 cm³/mol. The van der Waals surface area contributed by atoms with E-state index in [-0.39, 0.29) is 16.5 Å². The Labute approximate surface area is 140 Å². The summed E-state index contributed by atoms with van der Waals surface area (Å²) >= 11 is 3.23. The van der Waals surface area contributed by atoms with Gasteiger partial charge in [0.2, 0.25) is 0 Å². The van der Waals surface area contributed by atoms with Crippen LogP contribution in [0.2, 0.25) is 19.8 Å². The number of aromatic nitrogens is 1. The molecule has 0 saturated heterocycles. The van der Waals surface area contributed by atoms with Crippen LogP contribution in [0.5, 0.6) is 0 Å². The Bertz CT molecular complexity index is 726. The zero-order valence-electron chi connectivity index (χ0n) is 12.7. The van der Waals surface area contributed by atoms with Crippen molar-refractivity contribution in [3.8, 4) is 0 Å². The molecule has 2 aromatic rings. The van der Waals surface area contributed by atoms with Crippen LogP contribution in [-0.2, 0) is 6.18 Å². The van der Waals surface area contributed by atoms with Crippen molar-refractivity contribution in [2.24, 2.45) is 0 Å². The van der Waals surface area contributed by atoms with Crippen LogP contribution in [0.25, 0.3) is 0 Å². The molecule has 124 valence electrons. The van der Waals surface area contributed by atoms with Crippen molar-refractivity contribution in [1.29, 1.82) is 0 Å². The van der Waals surface area contributed by atoms with Gasteiger partial charge in [-0.2, -0.15) is 0 Å². The number of alkyl halides is 3. The molecule has 0 radical (unpaired) electrons. The Morgan fingerprint density at radius 3 is 2.30 bits per heavy atom. The molecule has 0 fully saturated rings. The molecule has 1 aromatic heterocycles. The third-order valence-electron chi connectivity index (χ3n) is 3.18. The Morgan fingerprint density at radius 1 is 1.09 bits per heavy atom. The second-order valence-corrected chi connectivity index (χ2v) is 20.9. The Hall–Kier alpha value is -1.02. The molecule has 0 aliphatic rings. The van der Waals surface area contributed by atoms with Crippen molar-refractivity contribution in [3.63, 3.8) is 0 Å². The fraction of sp³-hybridized carbons (Fsp3) is 0.267. The third kappa shape index (κ3) is 4.50. The van der Waals surface area contributed by atoms with E-state index >= 15 is 0 Å². The molecule has 2 nitrogen and oxygen atoms in total. The Morgan fingerprint density at radius 2 is 1.74 bits per heavy atom. The van der Waals surface area contributed by atoms with Crippen molar-refractivity contribution < 1.29 is 17.6 Å². The van der Waals surface area contributed by atoms with Gasteiger partial charge in [0, 0.05) is 0 Å². The van der Waals surface area contributed by atoms with Crippen LogP contribution in [0.15, 0.2) is 30.3 Å². The second kappa shape index (κ2) is 6.47. The van der Waals surface area contributed by atoms with Gasteiger partial charge < -0.3 is 0 Å². The number of pyridine rings is 1. The summed E-state index contributed by atoms with van der Waals surface area (Å²) in [6, 6.07) is 6.09. The van der Waals surface area contributed by atoms with E-state index in [1.54, 1.807) is 0 Å². The first kappa shape index (κ1) is 18.3. The first-order chi connectivity index (χ1) is 10.5. The van der Waals surface area contributed by atoms with E-state index in [2.05, 4.69) is 25.1 Å². The summed E-state index contributed by atoms with van der Waals surface area (Å²) in [5.74, 6) is -0.444. The van der Waals surface area contributed by atoms with Gasteiger partial charge in [0.25, 0.3) is 0 Å². The number of hydrogen-bond donors (Lipinski definition) is 1. The number of benzene rings is 1. The van der Waals surface area contributed by atoms with Gasteiger partial charge in [0.1, 0.15) is 0 Å². The molecular weight excluding hydrogens is 438 g/mol. The summed E-state index contributed by atoms with van der Waals surface area (Å²) in [6.07, 6.45) is -4.55. The van der Waals surface area contributed by atoms with Crippen molar-refractivity contribution in [2.75, 3.05) is 5.32 Å². The molecule has 0 amide bonds. The molecule has 0 spiro atoms. The van der Waals surface area contributed by atoms with E-state index in [1.807, 2.05) is 0 Å². The second-order valence-electron chi connectivity index (χ2n) is 6.09. The summed E-state index contributed by atoms with van der Waals surface area (Å²) in [6.45, 7) is 0. The van der Waals surface area contributed by atoms with Gasteiger partial charge in [-0.1, -0.05) is 0 Å². The average Bonchev–Trinajstić information content (AvgIpc) is 2.40. The Balaban J connectivity index is 2.55. The summed E-state index contributed by atoms with van der Waals surface area (Å²) in [7, 11) is 0. The van der Waals surface area contributed by atoms with Crippen LogP contribution in [0.3, 0.4) is 0 Å². The van der Waals surface area contributed by atoms with Gasteiger partial charge in [0.15, 0.2) is 0 Å². The molecule has 8 heteroatoms. The van der Waals surface area contributed by atoms with Crippen LogP contribution in [0.4, 0.5) is 29.1 Å². The van der Waals surface area contributed by atoms with E-state index in [0.717, 1.165) is 15.7 Å². The fourth-order valence-electron chi connectivity index (χ4n) is 2.04. The van der Waals surface area contributed by atoms with Gasteiger partial charge in [0.05, 0.1) is 0 Å². The number of rotatable bonds is 3. The average molecular weight is 453 g/mol. The normalized spacial score (nSPS) is 12.3.